The van der Waals surface area contributed by atoms with Crippen LogP contribution in [0.15, 0.2) is 54.9 Å². The molecule has 3 aromatic rings. The third kappa shape index (κ3) is 3.08. The fraction of sp³-hybridized carbons (Fsp3) is 0. The minimum atomic E-state index is -1.61. The highest BCUT2D eigenvalue weighted by Crippen LogP contribution is 2.16. The number of hydrogen-bond donors (Lipinski definition) is 1. The van der Waals surface area contributed by atoms with Gasteiger partial charge in [0.15, 0.2) is 17.5 Å². The van der Waals surface area contributed by atoms with Gasteiger partial charge in [-0.25, -0.2) is 17.9 Å². The predicted molar refractivity (Wildman–Crippen MR) is 77.8 cm³/mol. The van der Waals surface area contributed by atoms with Gasteiger partial charge in [-0.1, -0.05) is 18.2 Å². The van der Waals surface area contributed by atoms with Gasteiger partial charge in [-0.3, -0.25) is 4.79 Å². The van der Waals surface area contributed by atoms with Gasteiger partial charge in [0.05, 0.1) is 23.8 Å². The summed E-state index contributed by atoms with van der Waals surface area (Å²) in [6, 6.07) is 10.4. The van der Waals surface area contributed by atoms with E-state index in [9.17, 15) is 18.0 Å². The molecule has 0 aliphatic carbocycles. The first kappa shape index (κ1) is 14.8. The molecule has 3 rings (SSSR count). The van der Waals surface area contributed by atoms with Crippen LogP contribution in [-0.2, 0) is 0 Å². The van der Waals surface area contributed by atoms with Crippen LogP contribution in [0.4, 0.5) is 18.9 Å². The van der Waals surface area contributed by atoms with E-state index in [1.807, 2.05) is 30.3 Å². The van der Waals surface area contributed by atoms with Crippen molar-refractivity contribution in [3.05, 3.63) is 77.9 Å². The maximum absolute atomic E-state index is 13.2. The van der Waals surface area contributed by atoms with Crippen molar-refractivity contribution in [1.29, 1.82) is 0 Å². The minimum absolute atomic E-state index is 0.325. The summed E-state index contributed by atoms with van der Waals surface area (Å²) in [5.74, 6) is -5.22. The lowest BCUT2D eigenvalue weighted by molar-refractivity contribution is 0.102. The molecule has 0 fully saturated rings. The largest absolute Gasteiger partial charge is 0.319 e. The zero-order valence-electron chi connectivity index (χ0n) is 11.6. The van der Waals surface area contributed by atoms with Crippen molar-refractivity contribution in [2.24, 2.45) is 0 Å². The molecule has 116 valence electrons. The molecule has 0 saturated heterocycles. The highest BCUT2D eigenvalue weighted by atomic mass is 19.2. The molecule has 0 unspecified atom stereocenters. The SMILES string of the molecule is O=C(Nc1cnn(-c2ccccc2)c1)c1cc(F)c(F)c(F)c1. The molecule has 0 saturated carbocycles. The summed E-state index contributed by atoms with van der Waals surface area (Å²) in [5, 5.41) is 6.52. The van der Waals surface area contributed by atoms with E-state index < -0.39 is 23.4 Å². The van der Waals surface area contributed by atoms with Crippen molar-refractivity contribution in [2.45, 2.75) is 0 Å². The molecule has 0 aliphatic rings. The molecule has 0 radical (unpaired) electrons. The van der Waals surface area contributed by atoms with Gasteiger partial charge in [0.1, 0.15) is 0 Å². The van der Waals surface area contributed by atoms with Crippen LogP contribution in [0.5, 0.6) is 0 Å². The van der Waals surface area contributed by atoms with Crippen molar-refractivity contribution >= 4 is 11.6 Å². The van der Waals surface area contributed by atoms with Gasteiger partial charge < -0.3 is 5.32 Å². The summed E-state index contributed by atoms with van der Waals surface area (Å²) >= 11 is 0. The zero-order chi connectivity index (χ0) is 16.4. The van der Waals surface area contributed by atoms with Crippen LogP contribution in [0.2, 0.25) is 0 Å². The summed E-state index contributed by atoms with van der Waals surface area (Å²) in [7, 11) is 0. The van der Waals surface area contributed by atoms with Gasteiger partial charge in [0.2, 0.25) is 0 Å². The molecule has 0 spiro atoms. The molecule has 7 heteroatoms. The summed E-state index contributed by atoms with van der Waals surface area (Å²) in [6.07, 6.45) is 2.94. The first-order chi connectivity index (χ1) is 11.0. The minimum Gasteiger partial charge on any atom is -0.319 e. The van der Waals surface area contributed by atoms with Crippen LogP contribution in [0.25, 0.3) is 5.69 Å². The highest BCUT2D eigenvalue weighted by Gasteiger charge is 2.15. The van der Waals surface area contributed by atoms with E-state index in [4.69, 9.17) is 0 Å². The third-order valence-electron chi connectivity index (χ3n) is 3.11. The Balaban J connectivity index is 1.80. The Morgan fingerprint density at radius 1 is 1.04 bits per heavy atom. The molecular weight excluding hydrogens is 307 g/mol. The Labute approximate surface area is 129 Å². The highest BCUT2D eigenvalue weighted by molar-refractivity contribution is 6.04. The molecule has 4 nitrogen and oxygen atoms in total. The standard InChI is InChI=1S/C16H10F3N3O/c17-13-6-10(7-14(18)15(13)19)16(23)21-11-8-20-22(9-11)12-4-2-1-3-5-12/h1-9H,(H,21,23). The number of benzene rings is 2. The Bertz CT molecular complexity index is 839. The average Bonchev–Trinajstić information content (AvgIpc) is 3.01. The van der Waals surface area contributed by atoms with Crippen LogP contribution < -0.4 is 5.32 Å². The Hall–Kier alpha value is -3.09. The number of rotatable bonds is 3. The Kier molecular flexibility index (Phi) is 3.84. The maximum atomic E-state index is 13.2. The molecule has 1 amide bonds. The fourth-order valence-electron chi connectivity index (χ4n) is 2.00. The molecule has 1 N–H and O–H groups in total. The van der Waals surface area contributed by atoms with Gasteiger partial charge in [-0.15, -0.1) is 0 Å². The van der Waals surface area contributed by atoms with Gasteiger partial charge in [0, 0.05) is 5.56 Å². The van der Waals surface area contributed by atoms with E-state index in [-0.39, 0.29) is 5.56 Å². The predicted octanol–water partition coefficient (Wildman–Crippen LogP) is 3.54. The lowest BCUT2D eigenvalue weighted by Gasteiger charge is -2.04. The normalized spacial score (nSPS) is 10.6. The Morgan fingerprint density at radius 2 is 1.70 bits per heavy atom. The van der Waals surface area contributed by atoms with E-state index in [0.29, 0.717) is 17.8 Å². The zero-order valence-corrected chi connectivity index (χ0v) is 11.6. The van der Waals surface area contributed by atoms with E-state index in [1.165, 1.54) is 10.9 Å². The number of halogens is 3. The molecule has 23 heavy (non-hydrogen) atoms. The number of hydrogen-bond acceptors (Lipinski definition) is 2. The fourth-order valence-corrected chi connectivity index (χ4v) is 2.00. The molecule has 1 heterocycles. The summed E-state index contributed by atoms with van der Waals surface area (Å²) in [6.45, 7) is 0. The number of carbonyl (C=O) groups is 1. The molecular formula is C16H10F3N3O. The second-order valence-electron chi connectivity index (χ2n) is 4.72. The second-order valence-corrected chi connectivity index (χ2v) is 4.72. The molecule has 0 aliphatic heterocycles. The van der Waals surface area contributed by atoms with Crippen LogP contribution >= 0.6 is 0 Å². The molecule has 0 bridgehead atoms. The molecule has 2 aromatic carbocycles. The smallest absolute Gasteiger partial charge is 0.255 e. The first-order valence-corrected chi connectivity index (χ1v) is 6.60. The van der Waals surface area contributed by atoms with Gasteiger partial charge >= 0.3 is 0 Å². The maximum Gasteiger partial charge on any atom is 0.255 e. The van der Waals surface area contributed by atoms with Gasteiger partial charge in [0.25, 0.3) is 5.91 Å². The molecule has 1 aromatic heterocycles. The van der Waals surface area contributed by atoms with E-state index in [1.54, 1.807) is 6.20 Å². The lowest BCUT2D eigenvalue weighted by atomic mass is 10.2. The van der Waals surface area contributed by atoms with Crippen LogP contribution in [0.3, 0.4) is 0 Å². The third-order valence-corrected chi connectivity index (χ3v) is 3.11. The van der Waals surface area contributed by atoms with Gasteiger partial charge in [-0.2, -0.15) is 5.10 Å². The van der Waals surface area contributed by atoms with Crippen molar-refractivity contribution in [1.82, 2.24) is 9.78 Å². The summed E-state index contributed by atoms with van der Waals surface area (Å²) in [4.78, 5) is 12.0. The number of aromatic nitrogens is 2. The van der Waals surface area contributed by atoms with E-state index in [2.05, 4.69) is 10.4 Å². The van der Waals surface area contributed by atoms with Crippen molar-refractivity contribution < 1.29 is 18.0 Å². The summed E-state index contributed by atoms with van der Waals surface area (Å²) < 4.78 is 40.7. The topological polar surface area (TPSA) is 46.9 Å². The number of amides is 1. The van der Waals surface area contributed by atoms with E-state index in [0.717, 1.165) is 5.69 Å². The number of para-hydroxylation sites is 1. The summed E-state index contributed by atoms with van der Waals surface area (Å²) in [5.41, 5.74) is 0.796. The van der Waals surface area contributed by atoms with Crippen LogP contribution in [0.1, 0.15) is 10.4 Å². The quantitative estimate of drug-likeness (QED) is 0.751. The van der Waals surface area contributed by atoms with Gasteiger partial charge in [-0.05, 0) is 24.3 Å². The Morgan fingerprint density at radius 3 is 2.35 bits per heavy atom. The van der Waals surface area contributed by atoms with Crippen LogP contribution in [-0.4, -0.2) is 15.7 Å². The van der Waals surface area contributed by atoms with Crippen molar-refractivity contribution in [3.63, 3.8) is 0 Å². The number of carbonyl (C=O) groups excluding carboxylic acids is 1. The van der Waals surface area contributed by atoms with E-state index >= 15 is 0 Å². The van der Waals surface area contributed by atoms with Crippen molar-refractivity contribution in [3.8, 4) is 5.69 Å². The monoisotopic (exact) mass is 317 g/mol. The second kappa shape index (κ2) is 5.96. The first-order valence-electron chi connectivity index (χ1n) is 6.60. The number of nitrogens with one attached hydrogen (secondary N) is 1. The molecule has 0 atom stereocenters. The van der Waals surface area contributed by atoms with Crippen LogP contribution in [0, 0.1) is 17.5 Å². The number of nitrogens with zero attached hydrogens (tertiary/aromatic N) is 2. The average molecular weight is 317 g/mol. The number of anilines is 1. The van der Waals surface area contributed by atoms with Crippen molar-refractivity contribution in [2.75, 3.05) is 5.32 Å². The lowest BCUT2D eigenvalue weighted by Crippen LogP contribution is -2.12.